The quantitative estimate of drug-likeness (QED) is 0.470. The first-order valence-electron chi connectivity index (χ1n) is 8.10. The van der Waals surface area contributed by atoms with Crippen molar-refractivity contribution in [2.75, 3.05) is 0 Å². The molecule has 1 aromatic carbocycles. The van der Waals surface area contributed by atoms with E-state index in [9.17, 15) is 17.6 Å². The molecule has 4 rings (SSSR count). The standard InChI is InChI=1S/C19H9F4N5O/c20-13-4-2-12(3-5-13)17-16(18(29-27-17)19(21,22)23)14-9-28(10-26-14)15-6-1-11(7-24)8-25-15/h1-6,8-10H. The third kappa shape index (κ3) is 3.45. The van der Waals surface area contributed by atoms with Crippen molar-refractivity contribution < 1.29 is 22.1 Å². The van der Waals surface area contributed by atoms with Gasteiger partial charge in [-0.05, 0) is 36.4 Å². The minimum Gasteiger partial charge on any atom is -0.350 e. The van der Waals surface area contributed by atoms with Gasteiger partial charge in [0, 0.05) is 18.0 Å². The van der Waals surface area contributed by atoms with E-state index in [0.29, 0.717) is 11.4 Å². The van der Waals surface area contributed by atoms with Crippen LogP contribution in [0.2, 0.25) is 0 Å². The summed E-state index contributed by atoms with van der Waals surface area (Å²) >= 11 is 0. The predicted molar refractivity (Wildman–Crippen MR) is 92.0 cm³/mol. The Labute approximate surface area is 160 Å². The number of nitrogens with zero attached hydrogens (tertiary/aromatic N) is 5. The Balaban J connectivity index is 1.83. The molecule has 0 fully saturated rings. The van der Waals surface area contributed by atoms with Crippen LogP contribution in [-0.4, -0.2) is 19.7 Å². The van der Waals surface area contributed by atoms with E-state index in [2.05, 4.69) is 19.6 Å². The van der Waals surface area contributed by atoms with Crippen molar-refractivity contribution in [2.24, 2.45) is 0 Å². The van der Waals surface area contributed by atoms with Crippen molar-refractivity contribution in [1.82, 2.24) is 19.7 Å². The highest BCUT2D eigenvalue weighted by atomic mass is 19.4. The Morgan fingerprint density at radius 2 is 1.79 bits per heavy atom. The Morgan fingerprint density at radius 3 is 2.41 bits per heavy atom. The topological polar surface area (TPSA) is 80.5 Å². The fourth-order valence-electron chi connectivity index (χ4n) is 2.71. The zero-order chi connectivity index (χ0) is 20.6. The van der Waals surface area contributed by atoms with Gasteiger partial charge in [0.25, 0.3) is 0 Å². The van der Waals surface area contributed by atoms with Gasteiger partial charge >= 0.3 is 6.18 Å². The molecule has 0 unspecified atom stereocenters. The largest absolute Gasteiger partial charge is 0.453 e. The van der Waals surface area contributed by atoms with Crippen LogP contribution in [0.5, 0.6) is 0 Å². The van der Waals surface area contributed by atoms with Crippen molar-refractivity contribution in [2.45, 2.75) is 6.18 Å². The lowest BCUT2D eigenvalue weighted by atomic mass is 10.0. The van der Waals surface area contributed by atoms with E-state index in [-0.39, 0.29) is 22.5 Å². The lowest BCUT2D eigenvalue weighted by molar-refractivity contribution is -0.154. The van der Waals surface area contributed by atoms with E-state index in [1.165, 1.54) is 47.6 Å². The summed E-state index contributed by atoms with van der Waals surface area (Å²) in [5.74, 6) is -1.49. The third-order valence-electron chi connectivity index (χ3n) is 4.05. The number of rotatable bonds is 3. The van der Waals surface area contributed by atoms with Gasteiger partial charge in [-0.25, -0.2) is 14.4 Å². The van der Waals surface area contributed by atoms with Gasteiger partial charge in [-0.1, -0.05) is 5.16 Å². The monoisotopic (exact) mass is 399 g/mol. The van der Waals surface area contributed by atoms with Gasteiger partial charge in [-0.15, -0.1) is 0 Å². The van der Waals surface area contributed by atoms with Gasteiger partial charge in [-0.2, -0.15) is 18.4 Å². The molecule has 0 aliphatic carbocycles. The SMILES string of the molecule is N#Cc1ccc(-n2cnc(-c3c(-c4ccc(F)cc4)noc3C(F)(F)F)c2)nc1. The Bertz CT molecular complexity index is 1200. The van der Waals surface area contributed by atoms with Crippen LogP contribution in [0, 0.1) is 17.1 Å². The maximum atomic E-state index is 13.5. The molecule has 0 radical (unpaired) electrons. The highest BCUT2D eigenvalue weighted by molar-refractivity contribution is 5.80. The summed E-state index contributed by atoms with van der Waals surface area (Å²) in [6, 6.07) is 9.80. The minimum absolute atomic E-state index is 0.0518. The second-order valence-corrected chi connectivity index (χ2v) is 5.92. The van der Waals surface area contributed by atoms with E-state index in [1.807, 2.05) is 6.07 Å². The van der Waals surface area contributed by atoms with Crippen molar-refractivity contribution >= 4 is 0 Å². The van der Waals surface area contributed by atoms with Crippen LogP contribution < -0.4 is 0 Å². The number of alkyl halides is 3. The summed E-state index contributed by atoms with van der Waals surface area (Å²) in [5, 5.41) is 12.4. The third-order valence-corrected chi connectivity index (χ3v) is 4.05. The zero-order valence-electron chi connectivity index (χ0n) is 14.4. The van der Waals surface area contributed by atoms with Gasteiger partial charge in [-0.3, -0.25) is 4.57 Å². The number of hydrogen-bond acceptors (Lipinski definition) is 5. The summed E-state index contributed by atoms with van der Waals surface area (Å²) in [5.41, 5.74) is 0.0497. The molecule has 0 aliphatic rings. The molecule has 0 atom stereocenters. The van der Waals surface area contributed by atoms with Crippen molar-refractivity contribution in [3.8, 4) is 34.4 Å². The van der Waals surface area contributed by atoms with Crippen molar-refractivity contribution in [1.29, 1.82) is 5.26 Å². The average Bonchev–Trinajstić information content (AvgIpc) is 3.35. The second-order valence-electron chi connectivity index (χ2n) is 5.92. The summed E-state index contributed by atoms with van der Waals surface area (Å²) < 4.78 is 59.6. The number of hydrogen-bond donors (Lipinski definition) is 0. The number of halogens is 4. The van der Waals surface area contributed by atoms with Crippen LogP contribution in [0.15, 0.2) is 59.6 Å². The smallest absolute Gasteiger partial charge is 0.350 e. The number of pyridine rings is 1. The van der Waals surface area contributed by atoms with Gasteiger partial charge in [0.05, 0.1) is 16.8 Å². The van der Waals surface area contributed by atoms with Gasteiger partial charge in [0.15, 0.2) is 0 Å². The average molecular weight is 399 g/mol. The fourth-order valence-corrected chi connectivity index (χ4v) is 2.71. The lowest BCUT2D eigenvalue weighted by Crippen LogP contribution is -2.05. The van der Waals surface area contributed by atoms with E-state index in [0.717, 1.165) is 12.1 Å². The number of aromatic nitrogens is 4. The summed E-state index contributed by atoms with van der Waals surface area (Å²) in [4.78, 5) is 8.11. The van der Waals surface area contributed by atoms with E-state index in [1.54, 1.807) is 0 Å². The molecule has 0 N–H and O–H groups in total. The molecule has 10 heteroatoms. The number of benzene rings is 1. The molecular formula is C19H9F4N5O. The van der Waals surface area contributed by atoms with Crippen LogP contribution >= 0.6 is 0 Å². The maximum Gasteiger partial charge on any atom is 0.453 e. The van der Waals surface area contributed by atoms with Crippen LogP contribution in [0.3, 0.4) is 0 Å². The highest BCUT2D eigenvalue weighted by Gasteiger charge is 2.41. The van der Waals surface area contributed by atoms with Crippen molar-refractivity contribution in [3.05, 3.63) is 72.3 Å². The van der Waals surface area contributed by atoms with Crippen LogP contribution in [0.1, 0.15) is 11.3 Å². The lowest BCUT2D eigenvalue weighted by Gasteiger charge is -2.05. The molecular weight excluding hydrogens is 390 g/mol. The van der Waals surface area contributed by atoms with E-state index >= 15 is 0 Å². The zero-order valence-corrected chi connectivity index (χ0v) is 14.4. The molecule has 0 amide bonds. The molecule has 144 valence electrons. The summed E-state index contributed by atoms with van der Waals surface area (Å²) in [6.07, 6.45) is -0.856. The molecule has 3 aromatic heterocycles. The van der Waals surface area contributed by atoms with E-state index in [4.69, 9.17) is 5.26 Å². The molecule has 0 bridgehead atoms. The maximum absolute atomic E-state index is 13.5. The number of nitriles is 1. The first-order chi connectivity index (χ1) is 13.9. The molecule has 0 saturated carbocycles. The molecule has 29 heavy (non-hydrogen) atoms. The number of imidazole rings is 1. The summed E-state index contributed by atoms with van der Waals surface area (Å²) in [7, 11) is 0. The summed E-state index contributed by atoms with van der Waals surface area (Å²) in [6.45, 7) is 0. The molecule has 3 heterocycles. The van der Waals surface area contributed by atoms with Gasteiger partial charge < -0.3 is 4.52 Å². The van der Waals surface area contributed by atoms with Gasteiger partial charge in [0.2, 0.25) is 5.76 Å². The Kier molecular flexibility index (Phi) is 4.35. The van der Waals surface area contributed by atoms with Crippen molar-refractivity contribution in [3.63, 3.8) is 0 Å². The molecule has 4 aromatic rings. The van der Waals surface area contributed by atoms with Crippen LogP contribution in [-0.2, 0) is 6.18 Å². The molecule has 6 nitrogen and oxygen atoms in total. The minimum atomic E-state index is -4.81. The van der Waals surface area contributed by atoms with Gasteiger partial charge in [0.1, 0.15) is 29.7 Å². The van der Waals surface area contributed by atoms with Crippen LogP contribution in [0.25, 0.3) is 28.3 Å². The predicted octanol–water partition coefficient (Wildman–Crippen LogP) is 4.62. The fraction of sp³-hybridized carbons (Fsp3) is 0.0526. The second kappa shape index (κ2) is 6.87. The Morgan fingerprint density at radius 1 is 1.03 bits per heavy atom. The normalized spacial score (nSPS) is 11.4. The molecule has 0 aliphatic heterocycles. The Hall–Kier alpha value is -4.00. The van der Waals surface area contributed by atoms with E-state index < -0.39 is 17.8 Å². The van der Waals surface area contributed by atoms with Crippen LogP contribution in [0.4, 0.5) is 17.6 Å². The highest BCUT2D eigenvalue weighted by Crippen LogP contribution is 2.42. The molecule has 0 saturated heterocycles. The first kappa shape index (κ1) is 18.4. The first-order valence-corrected chi connectivity index (χ1v) is 8.10. The molecule has 0 spiro atoms.